The molecule has 1 aromatic heterocycles. The quantitative estimate of drug-likeness (QED) is 0.496. The number of hydrogen-bond acceptors (Lipinski definition) is 5. The van der Waals surface area contributed by atoms with Crippen LogP contribution in [0, 0.1) is 27.9 Å². The average Bonchev–Trinajstić information content (AvgIpc) is 2.94. The fourth-order valence-electron chi connectivity index (χ4n) is 5.20. The van der Waals surface area contributed by atoms with E-state index in [-0.39, 0.29) is 16.6 Å². The van der Waals surface area contributed by atoms with E-state index in [9.17, 15) is 14.9 Å². The second-order valence-electron chi connectivity index (χ2n) is 7.46. The number of hydrogen-bond donors (Lipinski definition) is 2. The molecule has 0 saturated heterocycles. The van der Waals surface area contributed by atoms with Crippen LogP contribution in [0.5, 0.6) is 0 Å². The lowest BCUT2D eigenvalue weighted by molar-refractivity contribution is -0.380. The molecule has 1 heterocycles. The van der Waals surface area contributed by atoms with Gasteiger partial charge in [-0.2, -0.15) is 5.10 Å². The molecule has 7 nitrogen and oxygen atoms in total. The van der Waals surface area contributed by atoms with Crippen LogP contribution >= 0.6 is 11.3 Å². The summed E-state index contributed by atoms with van der Waals surface area (Å²) in [6, 6.07) is 2.77. The predicted octanol–water partition coefficient (Wildman–Crippen LogP) is 3.26. The molecule has 0 spiro atoms. The van der Waals surface area contributed by atoms with E-state index < -0.39 is 4.92 Å². The first-order chi connectivity index (χ1) is 11.5. The van der Waals surface area contributed by atoms with Crippen LogP contribution in [0.2, 0.25) is 0 Å². The summed E-state index contributed by atoms with van der Waals surface area (Å²) in [6.45, 7) is 0. The Bertz CT molecular complexity index is 664. The molecule has 128 valence electrons. The van der Waals surface area contributed by atoms with E-state index in [4.69, 9.17) is 0 Å². The summed E-state index contributed by atoms with van der Waals surface area (Å²) < 4.78 is 0. The minimum atomic E-state index is -0.435. The monoisotopic (exact) mass is 348 g/mol. The van der Waals surface area contributed by atoms with Crippen molar-refractivity contribution >= 4 is 28.6 Å². The highest BCUT2D eigenvalue weighted by Crippen LogP contribution is 2.55. The molecule has 5 rings (SSSR count). The van der Waals surface area contributed by atoms with Crippen LogP contribution in [0.25, 0.3) is 0 Å². The fourth-order valence-corrected chi connectivity index (χ4v) is 5.89. The van der Waals surface area contributed by atoms with Gasteiger partial charge in [-0.15, -0.1) is 0 Å². The van der Waals surface area contributed by atoms with E-state index >= 15 is 0 Å². The molecule has 24 heavy (non-hydrogen) atoms. The third kappa shape index (κ3) is 3.02. The lowest BCUT2D eigenvalue weighted by Gasteiger charge is -2.56. The summed E-state index contributed by atoms with van der Waals surface area (Å²) in [5, 5.41) is 17.8. The number of hydrazone groups is 1. The highest BCUT2D eigenvalue weighted by molar-refractivity contribution is 7.16. The van der Waals surface area contributed by atoms with Crippen molar-refractivity contribution in [1.29, 1.82) is 0 Å². The van der Waals surface area contributed by atoms with Gasteiger partial charge in [0.05, 0.1) is 16.0 Å². The van der Waals surface area contributed by atoms with Gasteiger partial charge in [0.2, 0.25) is 0 Å². The SMILES string of the molecule is O=C(N/N=C\c1ccc([N+](=O)[O-])s1)NC12CC3CC(CC(C3)C1)C2. The van der Waals surface area contributed by atoms with Crippen molar-refractivity contribution in [1.82, 2.24) is 10.7 Å². The molecule has 8 heteroatoms. The molecular weight excluding hydrogens is 328 g/mol. The van der Waals surface area contributed by atoms with Gasteiger partial charge in [-0.25, -0.2) is 10.2 Å². The van der Waals surface area contributed by atoms with Crippen molar-refractivity contribution in [2.24, 2.45) is 22.9 Å². The Kier molecular flexibility index (Phi) is 3.79. The lowest BCUT2D eigenvalue weighted by Crippen LogP contribution is -2.61. The number of nitro groups is 1. The van der Waals surface area contributed by atoms with E-state index in [1.165, 1.54) is 31.5 Å². The molecule has 0 radical (unpaired) electrons. The summed E-state index contributed by atoms with van der Waals surface area (Å²) in [4.78, 5) is 23.0. The van der Waals surface area contributed by atoms with Crippen molar-refractivity contribution in [2.45, 2.75) is 44.1 Å². The molecule has 0 unspecified atom stereocenters. The highest BCUT2D eigenvalue weighted by atomic mass is 32.1. The molecule has 4 aliphatic rings. The Morgan fingerprint density at radius 2 is 1.88 bits per heavy atom. The van der Waals surface area contributed by atoms with Crippen molar-refractivity contribution in [2.75, 3.05) is 0 Å². The molecule has 0 aliphatic heterocycles. The molecule has 1 aromatic rings. The number of urea groups is 1. The first kappa shape index (κ1) is 15.6. The first-order valence-electron chi connectivity index (χ1n) is 8.37. The minimum absolute atomic E-state index is 0.0456. The van der Waals surface area contributed by atoms with Gasteiger partial charge in [0, 0.05) is 11.6 Å². The molecule has 2 N–H and O–H groups in total. The van der Waals surface area contributed by atoms with Crippen LogP contribution in [-0.2, 0) is 0 Å². The van der Waals surface area contributed by atoms with Gasteiger partial charge in [0.1, 0.15) is 0 Å². The zero-order valence-corrected chi connectivity index (χ0v) is 14.1. The molecule has 2 amide bonds. The van der Waals surface area contributed by atoms with Gasteiger partial charge in [0.25, 0.3) is 0 Å². The standard InChI is InChI=1S/C16H20N4O3S/c21-15(19-17-9-13-1-2-14(24-13)20(22)23)18-16-6-10-3-11(7-16)5-12(4-10)8-16/h1-2,9-12H,3-8H2,(H2,18,19,21)/b17-9-. The van der Waals surface area contributed by atoms with Gasteiger partial charge in [-0.3, -0.25) is 10.1 Å². The van der Waals surface area contributed by atoms with Crippen LogP contribution in [0.15, 0.2) is 17.2 Å². The molecule has 4 bridgehead atoms. The van der Waals surface area contributed by atoms with Crippen LogP contribution in [0.4, 0.5) is 9.80 Å². The smallest absolute Gasteiger partial charge is 0.331 e. The number of rotatable bonds is 4. The van der Waals surface area contributed by atoms with E-state index in [1.807, 2.05) is 0 Å². The second kappa shape index (κ2) is 5.84. The maximum Gasteiger partial charge on any atom is 0.335 e. The second-order valence-corrected chi connectivity index (χ2v) is 8.55. The number of amides is 2. The van der Waals surface area contributed by atoms with Crippen molar-refractivity contribution in [3.63, 3.8) is 0 Å². The topological polar surface area (TPSA) is 96.6 Å². The van der Waals surface area contributed by atoms with E-state index in [0.29, 0.717) is 4.88 Å². The Morgan fingerprint density at radius 1 is 1.25 bits per heavy atom. The van der Waals surface area contributed by atoms with Gasteiger partial charge < -0.3 is 5.32 Å². The Labute approximate surface area is 143 Å². The third-order valence-electron chi connectivity index (χ3n) is 5.57. The minimum Gasteiger partial charge on any atom is -0.331 e. The number of carbonyl (C=O) groups excluding carboxylic acids is 1. The maximum atomic E-state index is 12.2. The van der Waals surface area contributed by atoms with Crippen LogP contribution in [0.3, 0.4) is 0 Å². The zero-order chi connectivity index (χ0) is 16.7. The Hall–Kier alpha value is -1.96. The highest BCUT2D eigenvalue weighted by Gasteiger charge is 2.51. The Balaban J connectivity index is 1.33. The number of nitrogens with one attached hydrogen (secondary N) is 2. The molecule has 4 saturated carbocycles. The summed E-state index contributed by atoms with van der Waals surface area (Å²) in [5.41, 5.74) is 2.46. The fraction of sp³-hybridized carbons (Fsp3) is 0.625. The largest absolute Gasteiger partial charge is 0.335 e. The predicted molar refractivity (Wildman–Crippen MR) is 91.1 cm³/mol. The molecular formula is C16H20N4O3S. The number of nitrogens with zero attached hydrogens (tertiary/aromatic N) is 2. The van der Waals surface area contributed by atoms with E-state index in [0.717, 1.165) is 48.4 Å². The zero-order valence-electron chi connectivity index (χ0n) is 13.2. The van der Waals surface area contributed by atoms with Gasteiger partial charge in [-0.1, -0.05) is 11.3 Å². The Morgan fingerprint density at radius 3 is 2.42 bits per heavy atom. The van der Waals surface area contributed by atoms with Crippen LogP contribution < -0.4 is 10.7 Å². The van der Waals surface area contributed by atoms with E-state index in [1.54, 1.807) is 6.07 Å². The first-order valence-corrected chi connectivity index (χ1v) is 9.18. The molecule has 4 fully saturated rings. The van der Waals surface area contributed by atoms with Crippen molar-refractivity contribution < 1.29 is 9.72 Å². The maximum absolute atomic E-state index is 12.2. The van der Waals surface area contributed by atoms with E-state index in [2.05, 4.69) is 15.8 Å². The third-order valence-corrected chi connectivity index (χ3v) is 6.54. The summed E-state index contributed by atoms with van der Waals surface area (Å²) in [5.74, 6) is 2.31. The summed E-state index contributed by atoms with van der Waals surface area (Å²) >= 11 is 1.03. The van der Waals surface area contributed by atoms with Crippen LogP contribution in [0.1, 0.15) is 43.4 Å². The lowest BCUT2D eigenvalue weighted by atomic mass is 9.53. The van der Waals surface area contributed by atoms with Gasteiger partial charge in [-0.05, 0) is 62.3 Å². The van der Waals surface area contributed by atoms with Gasteiger partial charge >= 0.3 is 11.0 Å². The number of thiophene rings is 1. The number of carbonyl (C=O) groups is 1. The summed E-state index contributed by atoms with van der Waals surface area (Å²) in [7, 11) is 0. The molecule has 0 aromatic carbocycles. The van der Waals surface area contributed by atoms with Crippen LogP contribution in [-0.4, -0.2) is 22.7 Å². The molecule has 4 aliphatic carbocycles. The van der Waals surface area contributed by atoms with Crippen molar-refractivity contribution in [3.8, 4) is 0 Å². The van der Waals surface area contributed by atoms with Gasteiger partial charge in [0.15, 0.2) is 0 Å². The summed E-state index contributed by atoms with van der Waals surface area (Å²) in [6.07, 6.45) is 8.71. The normalized spacial score (nSPS) is 33.8. The molecule has 0 atom stereocenters. The average molecular weight is 348 g/mol. The van der Waals surface area contributed by atoms with Crippen molar-refractivity contribution in [3.05, 3.63) is 27.1 Å².